The van der Waals surface area contributed by atoms with Gasteiger partial charge in [0, 0.05) is 16.9 Å². The summed E-state index contributed by atoms with van der Waals surface area (Å²) in [7, 11) is 0. The van der Waals surface area contributed by atoms with Gasteiger partial charge in [-0.15, -0.1) is 0 Å². The first kappa shape index (κ1) is 22.3. The molecule has 0 saturated carbocycles. The molecule has 7 heteroatoms. The van der Waals surface area contributed by atoms with Gasteiger partial charge >= 0.3 is 0 Å². The van der Waals surface area contributed by atoms with Gasteiger partial charge in [-0.25, -0.2) is 5.43 Å². The number of nitrogens with zero attached hydrogens (tertiary/aromatic N) is 2. The van der Waals surface area contributed by atoms with E-state index in [0.29, 0.717) is 13.6 Å². The molecule has 0 radical (unpaired) electrons. The SMILES string of the molecule is Cc1ccc(-c2ccccc2)n1-c1ccc(C(=O)N/N=C/c2cc(Br)c(O)c(I)c2)cc1. The van der Waals surface area contributed by atoms with E-state index in [1.54, 1.807) is 24.3 Å². The summed E-state index contributed by atoms with van der Waals surface area (Å²) in [5.74, 6) is -0.118. The van der Waals surface area contributed by atoms with Crippen LogP contribution in [0, 0.1) is 10.5 Å². The summed E-state index contributed by atoms with van der Waals surface area (Å²) < 4.78 is 3.43. The lowest BCUT2D eigenvalue weighted by Crippen LogP contribution is -2.17. The van der Waals surface area contributed by atoms with Crippen LogP contribution in [0.5, 0.6) is 5.75 Å². The van der Waals surface area contributed by atoms with Crippen LogP contribution in [0.15, 0.2) is 88.4 Å². The molecular weight excluding hydrogens is 581 g/mol. The lowest BCUT2D eigenvalue weighted by atomic mass is 10.1. The highest BCUT2D eigenvalue weighted by Crippen LogP contribution is 2.30. The van der Waals surface area contributed by atoms with Crippen LogP contribution < -0.4 is 5.43 Å². The molecule has 0 unspecified atom stereocenters. The number of nitrogens with one attached hydrogen (secondary N) is 1. The quantitative estimate of drug-likeness (QED) is 0.161. The average molecular weight is 600 g/mol. The number of hydrazone groups is 1. The van der Waals surface area contributed by atoms with Gasteiger partial charge in [0.1, 0.15) is 5.75 Å². The number of amides is 1. The maximum atomic E-state index is 12.5. The second kappa shape index (κ2) is 9.70. The van der Waals surface area contributed by atoms with Gasteiger partial charge in [-0.1, -0.05) is 30.3 Å². The minimum Gasteiger partial charge on any atom is -0.506 e. The van der Waals surface area contributed by atoms with Crippen LogP contribution in [0.1, 0.15) is 21.6 Å². The molecule has 0 aliphatic heterocycles. The van der Waals surface area contributed by atoms with Crippen LogP contribution >= 0.6 is 38.5 Å². The van der Waals surface area contributed by atoms with Crippen molar-refractivity contribution in [3.05, 3.63) is 104 Å². The number of rotatable bonds is 5. The van der Waals surface area contributed by atoms with Crippen molar-refractivity contribution in [2.45, 2.75) is 6.92 Å². The molecule has 4 rings (SSSR count). The fourth-order valence-electron chi connectivity index (χ4n) is 3.37. The number of aryl methyl sites for hydroxylation is 1. The van der Waals surface area contributed by atoms with Crippen LogP contribution in [-0.2, 0) is 0 Å². The molecule has 5 nitrogen and oxygen atoms in total. The molecule has 4 aromatic rings. The van der Waals surface area contributed by atoms with Crippen molar-refractivity contribution in [2.75, 3.05) is 0 Å². The van der Waals surface area contributed by atoms with Gasteiger partial charge < -0.3 is 9.67 Å². The predicted molar refractivity (Wildman–Crippen MR) is 140 cm³/mol. The highest BCUT2D eigenvalue weighted by atomic mass is 127. The van der Waals surface area contributed by atoms with Crippen LogP contribution in [0.25, 0.3) is 16.9 Å². The molecule has 160 valence electrons. The van der Waals surface area contributed by atoms with Crippen molar-refractivity contribution < 1.29 is 9.90 Å². The number of phenols is 1. The van der Waals surface area contributed by atoms with E-state index >= 15 is 0 Å². The molecular formula is C25H19BrIN3O2. The lowest BCUT2D eigenvalue weighted by molar-refractivity contribution is 0.0955. The van der Waals surface area contributed by atoms with E-state index in [2.05, 4.69) is 62.2 Å². The zero-order valence-corrected chi connectivity index (χ0v) is 20.8. The first-order valence-corrected chi connectivity index (χ1v) is 11.7. The lowest BCUT2D eigenvalue weighted by Gasteiger charge is -2.12. The normalized spacial score (nSPS) is 11.1. The summed E-state index contributed by atoms with van der Waals surface area (Å²) in [6.45, 7) is 2.06. The minimum atomic E-state index is -0.298. The van der Waals surface area contributed by atoms with Gasteiger partial charge in [-0.3, -0.25) is 4.79 Å². The predicted octanol–water partition coefficient (Wildman–Crippen LogP) is 6.29. The number of hydrogen-bond acceptors (Lipinski definition) is 3. The van der Waals surface area contributed by atoms with Gasteiger partial charge in [0.15, 0.2) is 0 Å². The molecule has 0 aliphatic rings. The zero-order valence-electron chi connectivity index (χ0n) is 17.1. The third-order valence-electron chi connectivity index (χ3n) is 4.95. The van der Waals surface area contributed by atoms with Crippen molar-refractivity contribution in [2.24, 2.45) is 5.10 Å². The molecule has 0 fully saturated rings. The second-order valence-corrected chi connectivity index (χ2v) is 9.16. The number of hydrogen-bond donors (Lipinski definition) is 2. The fraction of sp³-hybridized carbons (Fsp3) is 0.0400. The van der Waals surface area contributed by atoms with E-state index in [1.807, 2.05) is 52.9 Å². The fourth-order valence-corrected chi connectivity index (χ4v) is 4.87. The van der Waals surface area contributed by atoms with Gasteiger partial charge in [0.05, 0.1) is 20.0 Å². The molecule has 1 amide bonds. The summed E-state index contributed by atoms with van der Waals surface area (Å²) in [6.07, 6.45) is 1.54. The van der Waals surface area contributed by atoms with Crippen molar-refractivity contribution >= 4 is 50.6 Å². The Morgan fingerprint density at radius 3 is 2.47 bits per heavy atom. The van der Waals surface area contributed by atoms with E-state index in [1.165, 1.54) is 6.21 Å². The first-order valence-electron chi connectivity index (χ1n) is 9.79. The topological polar surface area (TPSA) is 66.6 Å². The number of aromatic hydroxyl groups is 1. The number of phenolic OH excluding ortho intramolecular Hbond substituents is 1. The summed E-state index contributed by atoms with van der Waals surface area (Å²) in [4.78, 5) is 12.5. The third kappa shape index (κ3) is 4.78. The Morgan fingerprint density at radius 1 is 1.06 bits per heavy atom. The highest BCUT2D eigenvalue weighted by Gasteiger charge is 2.11. The molecule has 1 aromatic heterocycles. The van der Waals surface area contributed by atoms with Gasteiger partial charge in [0.25, 0.3) is 5.91 Å². The Hall–Kier alpha value is -2.91. The molecule has 0 aliphatic carbocycles. The molecule has 3 aromatic carbocycles. The molecule has 0 spiro atoms. The van der Waals surface area contributed by atoms with Crippen molar-refractivity contribution in [3.63, 3.8) is 0 Å². The summed E-state index contributed by atoms with van der Waals surface area (Å²) in [6, 6.07) is 25.3. The number of aromatic nitrogens is 1. The van der Waals surface area contributed by atoms with Gasteiger partial charge in [0.2, 0.25) is 0 Å². The average Bonchev–Trinajstić information content (AvgIpc) is 3.19. The van der Waals surface area contributed by atoms with Gasteiger partial charge in [-0.05, 0) is 105 Å². The van der Waals surface area contributed by atoms with Crippen molar-refractivity contribution in [1.29, 1.82) is 0 Å². The molecule has 2 N–H and O–H groups in total. The Morgan fingerprint density at radius 2 is 1.78 bits per heavy atom. The largest absolute Gasteiger partial charge is 0.506 e. The van der Waals surface area contributed by atoms with Crippen LogP contribution in [0.3, 0.4) is 0 Å². The van der Waals surface area contributed by atoms with E-state index in [0.717, 1.165) is 28.2 Å². The van der Waals surface area contributed by atoms with E-state index < -0.39 is 0 Å². The third-order valence-corrected chi connectivity index (χ3v) is 6.38. The maximum absolute atomic E-state index is 12.5. The van der Waals surface area contributed by atoms with E-state index in [4.69, 9.17) is 0 Å². The number of carbonyl (C=O) groups is 1. The van der Waals surface area contributed by atoms with E-state index in [-0.39, 0.29) is 11.7 Å². The standard InChI is InChI=1S/C25H19BrIN3O2/c1-16-7-12-23(18-5-3-2-4-6-18)30(16)20-10-8-19(9-11-20)25(32)29-28-15-17-13-21(26)24(31)22(27)14-17/h2-15,31H,1H3,(H,29,32)/b28-15+. The Bertz CT molecular complexity index is 1280. The van der Waals surface area contributed by atoms with Gasteiger partial charge in [-0.2, -0.15) is 5.10 Å². The smallest absolute Gasteiger partial charge is 0.271 e. The van der Waals surface area contributed by atoms with Crippen LogP contribution in [0.4, 0.5) is 0 Å². The molecule has 32 heavy (non-hydrogen) atoms. The Labute approximate surface area is 208 Å². The highest BCUT2D eigenvalue weighted by molar-refractivity contribution is 14.1. The second-order valence-electron chi connectivity index (χ2n) is 7.14. The minimum absolute atomic E-state index is 0.181. The van der Waals surface area contributed by atoms with E-state index in [9.17, 15) is 9.90 Å². The molecule has 1 heterocycles. The zero-order chi connectivity index (χ0) is 22.7. The van der Waals surface area contributed by atoms with Crippen LogP contribution in [0.2, 0.25) is 0 Å². The Kier molecular flexibility index (Phi) is 6.76. The summed E-state index contributed by atoms with van der Waals surface area (Å²) in [5.41, 5.74) is 8.14. The number of carbonyl (C=O) groups excluding carboxylic acids is 1. The summed E-state index contributed by atoms with van der Waals surface area (Å²) >= 11 is 5.33. The molecule has 0 atom stereocenters. The number of halogens is 2. The Balaban J connectivity index is 1.50. The monoisotopic (exact) mass is 599 g/mol. The maximum Gasteiger partial charge on any atom is 0.271 e. The summed E-state index contributed by atoms with van der Waals surface area (Å²) in [5, 5.41) is 13.8. The van der Waals surface area contributed by atoms with Crippen molar-refractivity contribution in [3.8, 4) is 22.7 Å². The number of benzene rings is 3. The molecule has 0 saturated heterocycles. The molecule has 0 bridgehead atoms. The van der Waals surface area contributed by atoms with Crippen LogP contribution in [-0.4, -0.2) is 21.8 Å². The van der Waals surface area contributed by atoms with Crippen molar-refractivity contribution in [1.82, 2.24) is 9.99 Å². The first-order chi connectivity index (χ1) is 15.4.